The number of thioether (sulfide) groups is 1. The molecule has 3 rings (SSSR count). The van der Waals surface area contributed by atoms with Crippen LogP contribution in [-0.2, 0) is 9.59 Å². The van der Waals surface area contributed by atoms with E-state index in [9.17, 15) is 14.0 Å². The van der Waals surface area contributed by atoms with Gasteiger partial charge in [0.05, 0.1) is 0 Å². The number of rotatable bonds is 5. The van der Waals surface area contributed by atoms with Crippen LogP contribution in [-0.4, -0.2) is 28.5 Å². The van der Waals surface area contributed by atoms with E-state index in [4.69, 9.17) is 0 Å². The Labute approximate surface area is 169 Å². The van der Waals surface area contributed by atoms with Gasteiger partial charge in [-0.1, -0.05) is 25.1 Å². The van der Waals surface area contributed by atoms with Gasteiger partial charge in [-0.15, -0.1) is 11.8 Å². The Morgan fingerprint density at radius 2 is 1.96 bits per heavy atom. The predicted octanol–water partition coefficient (Wildman–Crippen LogP) is 4.82. The summed E-state index contributed by atoms with van der Waals surface area (Å²) in [4.78, 5) is 27.4. The van der Waals surface area contributed by atoms with Gasteiger partial charge in [-0.2, -0.15) is 0 Å². The first-order valence-electron chi connectivity index (χ1n) is 9.47. The maximum atomic E-state index is 13.7. The fraction of sp³-hybridized carbons (Fsp3) is 0.364. The van der Waals surface area contributed by atoms with Gasteiger partial charge in [-0.3, -0.25) is 9.59 Å². The fourth-order valence-corrected chi connectivity index (χ4v) is 4.76. The predicted molar refractivity (Wildman–Crippen MR) is 112 cm³/mol. The topological polar surface area (TPSA) is 49.4 Å². The van der Waals surface area contributed by atoms with Gasteiger partial charge >= 0.3 is 0 Å². The Balaban J connectivity index is 1.85. The number of carbonyl (C=O) groups excluding carboxylic acids is 2. The lowest BCUT2D eigenvalue weighted by atomic mass is 10.1. The monoisotopic (exact) mass is 400 g/mol. The first-order valence-corrected chi connectivity index (χ1v) is 10.5. The Kier molecular flexibility index (Phi) is 6.39. The fourth-order valence-electron chi connectivity index (χ4n) is 3.32. The van der Waals surface area contributed by atoms with E-state index in [-0.39, 0.29) is 23.0 Å². The number of hydrogen-bond donors (Lipinski definition) is 1. The first-order chi connectivity index (χ1) is 13.4. The maximum Gasteiger partial charge on any atom is 0.248 e. The van der Waals surface area contributed by atoms with Gasteiger partial charge in [-0.05, 0) is 61.2 Å². The summed E-state index contributed by atoms with van der Waals surface area (Å²) in [7, 11) is 0. The van der Waals surface area contributed by atoms with Crippen molar-refractivity contribution in [3.63, 3.8) is 0 Å². The summed E-state index contributed by atoms with van der Waals surface area (Å²) in [6, 6.07) is 11.4. The largest absolute Gasteiger partial charge is 0.324 e. The van der Waals surface area contributed by atoms with Crippen LogP contribution in [0.5, 0.6) is 0 Å². The van der Waals surface area contributed by atoms with E-state index in [1.54, 1.807) is 17.0 Å². The number of nitrogens with one attached hydrogen (secondary N) is 1. The highest BCUT2D eigenvalue weighted by Crippen LogP contribution is 2.42. The number of amides is 2. The minimum absolute atomic E-state index is 0.0815. The van der Waals surface area contributed by atoms with Crippen LogP contribution in [0.1, 0.15) is 41.8 Å². The molecule has 1 saturated heterocycles. The third kappa shape index (κ3) is 4.38. The molecule has 1 fully saturated rings. The van der Waals surface area contributed by atoms with E-state index in [1.807, 2.05) is 39.0 Å². The highest BCUT2D eigenvalue weighted by atomic mass is 32.2. The average Bonchev–Trinajstić information content (AvgIpc) is 3.10. The summed E-state index contributed by atoms with van der Waals surface area (Å²) in [6.07, 6.45) is 1.06. The molecule has 1 aliphatic heterocycles. The zero-order valence-electron chi connectivity index (χ0n) is 16.4. The molecule has 0 aliphatic carbocycles. The van der Waals surface area contributed by atoms with Gasteiger partial charge in [0.25, 0.3) is 0 Å². The number of benzene rings is 2. The lowest BCUT2D eigenvalue weighted by Crippen LogP contribution is -2.45. The van der Waals surface area contributed by atoms with Crippen molar-refractivity contribution in [3.05, 3.63) is 65.0 Å². The molecule has 0 aromatic heterocycles. The molecule has 2 aromatic carbocycles. The smallest absolute Gasteiger partial charge is 0.248 e. The van der Waals surface area contributed by atoms with Gasteiger partial charge in [-0.25, -0.2) is 4.39 Å². The molecule has 148 valence electrons. The van der Waals surface area contributed by atoms with Crippen molar-refractivity contribution in [2.45, 2.75) is 45.0 Å². The highest BCUT2D eigenvalue weighted by molar-refractivity contribution is 7.99. The van der Waals surface area contributed by atoms with Crippen LogP contribution >= 0.6 is 11.8 Å². The van der Waals surface area contributed by atoms with Crippen LogP contribution in [0.25, 0.3) is 0 Å². The Morgan fingerprint density at radius 3 is 2.64 bits per heavy atom. The first kappa shape index (κ1) is 20.4. The van der Waals surface area contributed by atoms with Gasteiger partial charge in [0.15, 0.2) is 0 Å². The molecule has 1 N–H and O–H groups in total. The SMILES string of the molecule is CCCC(=O)N1C(C(=O)Nc2ccc(C)c(C)c2)CSC1c1cccc(F)c1. The third-order valence-corrected chi connectivity index (χ3v) is 6.29. The molecule has 0 saturated carbocycles. The van der Waals surface area contributed by atoms with Crippen LogP contribution in [0.2, 0.25) is 0 Å². The third-order valence-electron chi connectivity index (χ3n) is 4.96. The summed E-state index contributed by atoms with van der Waals surface area (Å²) < 4.78 is 13.7. The summed E-state index contributed by atoms with van der Waals surface area (Å²) in [6.45, 7) is 5.94. The molecule has 2 amide bonds. The van der Waals surface area contributed by atoms with Crippen molar-refractivity contribution < 1.29 is 14.0 Å². The second kappa shape index (κ2) is 8.78. The molecule has 0 bridgehead atoms. The second-order valence-corrected chi connectivity index (χ2v) is 8.21. The Morgan fingerprint density at radius 1 is 1.18 bits per heavy atom. The van der Waals surface area contributed by atoms with Gasteiger partial charge in [0, 0.05) is 17.9 Å². The zero-order valence-corrected chi connectivity index (χ0v) is 17.2. The number of anilines is 1. The van der Waals surface area contributed by atoms with Crippen molar-refractivity contribution in [2.75, 3.05) is 11.1 Å². The van der Waals surface area contributed by atoms with Crippen LogP contribution in [0.3, 0.4) is 0 Å². The number of nitrogens with zero attached hydrogens (tertiary/aromatic N) is 1. The summed E-state index contributed by atoms with van der Waals surface area (Å²) in [5.41, 5.74) is 3.67. The second-order valence-electron chi connectivity index (χ2n) is 7.10. The van der Waals surface area contributed by atoms with Crippen molar-refractivity contribution in [1.82, 2.24) is 4.90 Å². The molecule has 4 nitrogen and oxygen atoms in total. The van der Waals surface area contributed by atoms with Gasteiger partial charge in [0.1, 0.15) is 17.2 Å². The summed E-state index contributed by atoms with van der Waals surface area (Å²) in [5, 5.41) is 2.59. The van der Waals surface area contributed by atoms with Crippen LogP contribution in [0, 0.1) is 19.7 Å². The number of hydrogen-bond acceptors (Lipinski definition) is 3. The van der Waals surface area contributed by atoms with E-state index in [1.165, 1.54) is 23.9 Å². The molecule has 2 atom stereocenters. The highest BCUT2D eigenvalue weighted by Gasteiger charge is 2.41. The quantitative estimate of drug-likeness (QED) is 0.783. The molecule has 28 heavy (non-hydrogen) atoms. The molecule has 0 spiro atoms. The standard InChI is InChI=1S/C22H25FN2O2S/c1-4-6-20(26)25-19(13-28-22(25)16-7-5-8-17(23)12-16)21(27)24-18-10-9-14(2)15(3)11-18/h5,7-12,19,22H,4,6,13H2,1-3H3,(H,24,27). The number of halogens is 1. The van der Waals surface area contributed by atoms with Crippen molar-refractivity contribution in [3.8, 4) is 0 Å². The van der Waals surface area contributed by atoms with Crippen LogP contribution in [0.15, 0.2) is 42.5 Å². The van der Waals surface area contributed by atoms with E-state index in [0.29, 0.717) is 24.2 Å². The Hall–Kier alpha value is -2.34. The molecule has 1 heterocycles. The van der Waals surface area contributed by atoms with E-state index >= 15 is 0 Å². The zero-order chi connectivity index (χ0) is 20.3. The summed E-state index contributed by atoms with van der Waals surface area (Å²) >= 11 is 1.50. The van der Waals surface area contributed by atoms with Crippen molar-refractivity contribution in [2.24, 2.45) is 0 Å². The molecular weight excluding hydrogens is 375 g/mol. The molecule has 6 heteroatoms. The minimum atomic E-state index is -0.584. The van der Waals surface area contributed by atoms with E-state index in [2.05, 4.69) is 5.32 Å². The number of aryl methyl sites for hydroxylation is 2. The van der Waals surface area contributed by atoms with Gasteiger partial charge < -0.3 is 10.2 Å². The van der Waals surface area contributed by atoms with E-state index in [0.717, 1.165) is 16.8 Å². The van der Waals surface area contributed by atoms with Crippen molar-refractivity contribution >= 4 is 29.3 Å². The normalized spacial score (nSPS) is 18.9. The maximum absolute atomic E-state index is 13.7. The van der Waals surface area contributed by atoms with Crippen LogP contribution in [0.4, 0.5) is 10.1 Å². The number of carbonyl (C=O) groups is 2. The van der Waals surface area contributed by atoms with Crippen molar-refractivity contribution in [1.29, 1.82) is 0 Å². The molecular formula is C22H25FN2O2S. The molecule has 2 unspecified atom stereocenters. The summed E-state index contributed by atoms with van der Waals surface area (Å²) in [5.74, 6) is -0.155. The van der Waals surface area contributed by atoms with Gasteiger partial charge in [0.2, 0.25) is 11.8 Å². The molecule has 1 aliphatic rings. The van der Waals surface area contributed by atoms with Crippen LogP contribution < -0.4 is 5.32 Å². The average molecular weight is 401 g/mol. The lowest BCUT2D eigenvalue weighted by Gasteiger charge is -2.29. The lowest BCUT2D eigenvalue weighted by molar-refractivity contribution is -0.138. The minimum Gasteiger partial charge on any atom is -0.324 e. The molecule has 0 radical (unpaired) electrons. The Bertz CT molecular complexity index is 887. The van der Waals surface area contributed by atoms with E-state index < -0.39 is 6.04 Å². The molecule has 2 aromatic rings.